The number of halogens is 1. The van der Waals surface area contributed by atoms with Crippen LogP contribution in [0.25, 0.3) is 0 Å². The second-order valence-corrected chi connectivity index (χ2v) is 6.07. The monoisotopic (exact) mass is 358 g/mol. The van der Waals surface area contributed by atoms with Crippen molar-refractivity contribution in [3.8, 4) is 0 Å². The van der Waals surface area contributed by atoms with Crippen LogP contribution in [0.15, 0.2) is 47.4 Å². The number of hydrogen-bond donors (Lipinski definition) is 2. The Kier molecular flexibility index (Phi) is 5.43. The fraction of sp³-hybridized carbons (Fsp3) is 0.278. The number of nitrogens with zero attached hydrogens (tertiary/aromatic N) is 2. The summed E-state index contributed by atoms with van der Waals surface area (Å²) in [5.74, 6) is -0.681. The van der Waals surface area contributed by atoms with E-state index >= 15 is 0 Å². The van der Waals surface area contributed by atoms with Crippen molar-refractivity contribution in [2.75, 3.05) is 38.0 Å². The first kappa shape index (κ1) is 17.8. The summed E-state index contributed by atoms with van der Waals surface area (Å²) < 4.78 is 12.9. The van der Waals surface area contributed by atoms with Gasteiger partial charge >= 0.3 is 0 Å². The maximum atomic E-state index is 12.9. The van der Waals surface area contributed by atoms with Gasteiger partial charge in [-0.1, -0.05) is 0 Å². The van der Waals surface area contributed by atoms with Gasteiger partial charge in [0.05, 0.1) is 12.1 Å². The largest absolute Gasteiger partial charge is 0.336 e. The van der Waals surface area contributed by atoms with Gasteiger partial charge in [0, 0.05) is 44.1 Å². The first-order valence-corrected chi connectivity index (χ1v) is 8.27. The summed E-state index contributed by atoms with van der Waals surface area (Å²) in [6.07, 6.45) is 1.41. The number of carbonyl (C=O) groups excluding carboxylic acids is 2. The molecule has 0 saturated carbocycles. The van der Waals surface area contributed by atoms with E-state index in [1.165, 1.54) is 42.6 Å². The molecule has 0 bridgehead atoms. The number of H-pyrrole nitrogens is 1. The Balaban J connectivity index is 1.48. The second-order valence-electron chi connectivity index (χ2n) is 6.07. The Hall–Kier alpha value is -3.00. The third kappa shape index (κ3) is 4.54. The van der Waals surface area contributed by atoms with Crippen LogP contribution < -0.4 is 10.9 Å². The normalized spacial score (nSPS) is 14.9. The van der Waals surface area contributed by atoms with Crippen molar-refractivity contribution in [1.82, 2.24) is 14.8 Å². The van der Waals surface area contributed by atoms with E-state index in [1.54, 1.807) is 4.90 Å². The second kappa shape index (κ2) is 7.92. The molecule has 8 heteroatoms. The molecule has 1 aromatic carbocycles. The molecule has 26 heavy (non-hydrogen) atoms. The topological polar surface area (TPSA) is 85.5 Å². The highest BCUT2D eigenvalue weighted by atomic mass is 19.1. The summed E-state index contributed by atoms with van der Waals surface area (Å²) in [6, 6.07) is 8.42. The molecule has 3 rings (SSSR count). The maximum absolute atomic E-state index is 12.9. The lowest BCUT2D eigenvalue weighted by molar-refractivity contribution is -0.117. The van der Waals surface area contributed by atoms with Crippen molar-refractivity contribution in [3.63, 3.8) is 0 Å². The van der Waals surface area contributed by atoms with E-state index in [-0.39, 0.29) is 29.7 Å². The number of aromatic nitrogens is 1. The number of rotatable bonds is 4. The summed E-state index contributed by atoms with van der Waals surface area (Å²) in [5, 5.41) is 2.72. The number of aromatic amines is 1. The first-order valence-electron chi connectivity index (χ1n) is 8.27. The predicted molar refractivity (Wildman–Crippen MR) is 94.4 cm³/mol. The number of hydrogen-bond acceptors (Lipinski definition) is 4. The van der Waals surface area contributed by atoms with E-state index in [9.17, 15) is 18.8 Å². The molecule has 2 heterocycles. The Labute approximate surface area is 149 Å². The molecule has 2 amide bonds. The quantitative estimate of drug-likeness (QED) is 0.851. The molecular weight excluding hydrogens is 339 g/mol. The molecule has 1 aliphatic rings. The van der Waals surface area contributed by atoms with Crippen LogP contribution in [0.5, 0.6) is 0 Å². The van der Waals surface area contributed by atoms with Crippen LogP contribution in [-0.4, -0.2) is 59.3 Å². The third-order valence-electron chi connectivity index (χ3n) is 4.19. The van der Waals surface area contributed by atoms with Crippen molar-refractivity contribution in [2.45, 2.75) is 0 Å². The zero-order chi connectivity index (χ0) is 18.5. The first-order chi connectivity index (χ1) is 12.5. The molecule has 2 aromatic rings. The number of amides is 2. The molecule has 2 N–H and O–H groups in total. The van der Waals surface area contributed by atoms with Gasteiger partial charge in [-0.2, -0.15) is 0 Å². The molecule has 1 aliphatic heterocycles. The van der Waals surface area contributed by atoms with Crippen LogP contribution in [0.1, 0.15) is 10.4 Å². The molecule has 1 aromatic heterocycles. The molecule has 0 radical (unpaired) electrons. The third-order valence-corrected chi connectivity index (χ3v) is 4.19. The Morgan fingerprint density at radius 1 is 1.04 bits per heavy atom. The van der Waals surface area contributed by atoms with Crippen molar-refractivity contribution in [1.29, 1.82) is 0 Å². The Morgan fingerprint density at radius 2 is 1.73 bits per heavy atom. The molecule has 0 aliphatic carbocycles. The number of carbonyl (C=O) groups is 2. The van der Waals surface area contributed by atoms with Gasteiger partial charge in [-0.25, -0.2) is 4.39 Å². The lowest BCUT2D eigenvalue weighted by atomic mass is 10.2. The lowest BCUT2D eigenvalue weighted by Gasteiger charge is -2.34. The van der Waals surface area contributed by atoms with E-state index in [0.717, 1.165) is 0 Å². The van der Waals surface area contributed by atoms with E-state index in [4.69, 9.17) is 0 Å². The van der Waals surface area contributed by atoms with Crippen LogP contribution in [-0.2, 0) is 4.79 Å². The van der Waals surface area contributed by atoms with Crippen molar-refractivity contribution in [2.24, 2.45) is 0 Å². The average Bonchev–Trinajstić information content (AvgIpc) is 2.64. The molecule has 0 spiro atoms. The van der Waals surface area contributed by atoms with Gasteiger partial charge in [0.2, 0.25) is 11.5 Å². The molecule has 136 valence electrons. The molecular formula is C18H19FN4O3. The van der Waals surface area contributed by atoms with Crippen LogP contribution in [0.2, 0.25) is 0 Å². The molecule has 7 nitrogen and oxygen atoms in total. The van der Waals surface area contributed by atoms with Gasteiger partial charge in [-0.3, -0.25) is 19.3 Å². The van der Waals surface area contributed by atoms with Gasteiger partial charge in [0.1, 0.15) is 5.82 Å². The number of piperazine rings is 1. The zero-order valence-electron chi connectivity index (χ0n) is 14.1. The van der Waals surface area contributed by atoms with Gasteiger partial charge in [-0.05, 0) is 30.3 Å². The number of anilines is 1. The zero-order valence-corrected chi connectivity index (χ0v) is 14.1. The fourth-order valence-corrected chi connectivity index (χ4v) is 2.77. The van der Waals surface area contributed by atoms with Crippen LogP contribution in [0.3, 0.4) is 0 Å². The van der Waals surface area contributed by atoms with Gasteiger partial charge in [0.15, 0.2) is 0 Å². The summed E-state index contributed by atoms with van der Waals surface area (Å²) in [6.45, 7) is 2.36. The van der Waals surface area contributed by atoms with Crippen molar-refractivity contribution < 1.29 is 14.0 Å². The average molecular weight is 358 g/mol. The summed E-state index contributed by atoms with van der Waals surface area (Å²) >= 11 is 0. The Morgan fingerprint density at radius 3 is 2.35 bits per heavy atom. The molecule has 1 saturated heterocycles. The summed E-state index contributed by atoms with van der Waals surface area (Å²) in [7, 11) is 0. The minimum atomic E-state index is -0.355. The van der Waals surface area contributed by atoms with Crippen molar-refractivity contribution in [3.05, 3.63) is 64.3 Å². The predicted octanol–water partition coefficient (Wildman–Crippen LogP) is 0.910. The summed E-state index contributed by atoms with van der Waals surface area (Å²) in [4.78, 5) is 41.7. The number of nitrogens with one attached hydrogen (secondary N) is 2. The van der Waals surface area contributed by atoms with Crippen LogP contribution in [0.4, 0.5) is 10.1 Å². The van der Waals surface area contributed by atoms with Gasteiger partial charge < -0.3 is 15.2 Å². The van der Waals surface area contributed by atoms with Gasteiger partial charge in [0.25, 0.3) is 5.91 Å². The standard InChI is InChI=1S/C18H19FN4O3/c19-14-2-4-15(5-3-14)21-17(25)12-22-7-9-23(10-8-22)18(26)13-1-6-16(24)20-11-13/h1-6,11H,7-10,12H2,(H,20,24)(H,21,25). The molecule has 0 atom stereocenters. The summed E-state index contributed by atoms with van der Waals surface area (Å²) in [5.41, 5.74) is 0.730. The highest BCUT2D eigenvalue weighted by molar-refractivity contribution is 5.94. The van der Waals surface area contributed by atoms with E-state index in [1.807, 2.05) is 4.90 Å². The maximum Gasteiger partial charge on any atom is 0.255 e. The van der Waals surface area contributed by atoms with E-state index < -0.39 is 0 Å². The Bertz CT molecular complexity index is 822. The molecule has 1 fully saturated rings. The highest BCUT2D eigenvalue weighted by Gasteiger charge is 2.23. The van der Waals surface area contributed by atoms with Crippen LogP contribution in [0, 0.1) is 5.82 Å². The molecule has 0 unspecified atom stereocenters. The highest BCUT2D eigenvalue weighted by Crippen LogP contribution is 2.10. The smallest absolute Gasteiger partial charge is 0.255 e. The SMILES string of the molecule is O=C(CN1CCN(C(=O)c2ccc(=O)[nH]c2)CC1)Nc1ccc(F)cc1. The minimum absolute atomic E-state index is 0.142. The van der Waals surface area contributed by atoms with E-state index in [0.29, 0.717) is 37.4 Å². The lowest BCUT2D eigenvalue weighted by Crippen LogP contribution is -2.50. The number of benzene rings is 1. The fourth-order valence-electron chi connectivity index (χ4n) is 2.77. The van der Waals surface area contributed by atoms with Crippen molar-refractivity contribution >= 4 is 17.5 Å². The van der Waals surface area contributed by atoms with Gasteiger partial charge in [-0.15, -0.1) is 0 Å². The van der Waals surface area contributed by atoms with Crippen LogP contribution >= 0.6 is 0 Å². The van der Waals surface area contributed by atoms with E-state index in [2.05, 4.69) is 10.3 Å². The number of pyridine rings is 1. The minimum Gasteiger partial charge on any atom is -0.336 e.